The van der Waals surface area contributed by atoms with Gasteiger partial charge in [0.25, 0.3) is 0 Å². The molecule has 0 fully saturated rings. The average molecular weight is 868 g/mol. The van der Waals surface area contributed by atoms with Crippen LogP contribution in [0.25, 0.3) is 22.3 Å². The quantitative estimate of drug-likeness (QED) is 0.175. The van der Waals surface area contributed by atoms with Crippen LogP contribution in [0.5, 0.6) is 0 Å². The topological polar surface area (TPSA) is 0 Å². The molecule has 7 heteroatoms. The Morgan fingerprint density at radius 1 is 0.621 bits per heavy atom. The van der Waals surface area contributed by atoms with E-state index in [9.17, 15) is 26.3 Å². The Morgan fingerprint density at radius 3 is 1.40 bits per heavy atom. The van der Waals surface area contributed by atoms with Crippen LogP contribution in [0, 0.1) is 11.3 Å². The maximum atomic E-state index is 14.1. The third-order valence-electron chi connectivity index (χ3n) is 13.0. The Kier molecular flexibility index (Phi) is 9.60. The predicted octanol–water partition coefficient (Wildman–Crippen LogP) is 15.0. The van der Waals surface area contributed by atoms with Crippen LogP contribution in [0.1, 0.15) is 135 Å². The third-order valence-corrected chi connectivity index (χ3v) is 21.4. The molecule has 1 atom stereocenters. The van der Waals surface area contributed by atoms with E-state index in [4.69, 9.17) is 0 Å². The normalized spacial score (nSPS) is 19.2. The van der Waals surface area contributed by atoms with Gasteiger partial charge in [-0.15, -0.1) is 0 Å². The Balaban J connectivity index is 1.54. The summed E-state index contributed by atoms with van der Waals surface area (Å²) in [6.45, 7) is 22.1. The molecule has 0 aromatic heterocycles. The van der Waals surface area contributed by atoms with Crippen molar-refractivity contribution in [2.75, 3.05) is 0 Å². The fourth-order valence-corrected chi connectivity index (χ4v) is 19.8. The summed E-state index contributed by atoms with van der Waals surface area (Å²) >= 11 is -3.67. The van der Waals surface area contributed by atoms with Crippen LogP contribution in [-0.2, 0) is 44.4 Å². The number of halogens is 6. The number of fused-ring (bicyclic) bond motifs is 5. The van der Waals surface area contributed by atoms with Gasteiger partial charge in [0.05, 0.1) is 0 Å². The van der Waals surface area contributed by atoms with Gasteiger partial charge in [0.2, 0.25) is 0 Å². The molecule has 300 valence electrons. The van der Waals surface area contributed by atoms with Gasteiger partial charge < -0.3 is 0 Å². The SMILES string of the molecule is CCC1C=C(C(C)(C)C)C=[C]1[Zr](=[C](c1ccc(C(F)(F)F)cc1)c1ccc(C(F)(F)F)cc1)[CH]1c2cc3c(cc2-c2cc4c(cc21)C(C)(C)C=C4C)C(C)=CC3(C)C. The molecular weight excluding hydrogens is 818 g/mol. The van der Waals surface area contributed by atoms with Gasteiger partial charge in [-0.2, -0.15) is 0 Å². The van der Waals surface area contributed by atoms with Gasteiger partial charge in [0, 0.05) is 0 Å². The van der Waals surface area contributed by atoms with E-state index in [0.717, 1.165) is 33.9 Å². The molecule has 0 heterocycles. The molecule has 0 amide bonds. The Bertz CT molecular complexity index is 2390. The van der Waals surface area contributed by atoms with Gasteiger partial charge in [-0.25, -0.2) is 0 Å². The van der Waals surface area contributed by atoms with E-state index in [2.05, 4.69) is 118 Å². The van der Waals surface area contributed by atoms with Crippen LogP contribution in [0.15, 0.2) is 106 Å². The summed E-state index contributed by atoms with van der Waals surface area (Å²) in [7, 11) is 0. The molecule has 8 rings (SSSR count). The minimum absolute atomic E-state index is 0.0829. The van der Waals surface area contributed by atoms with Crippen molar-refractivity contribution in [3.8, 4) is 11.1 Å². The van der Waals surface area contributed by atoms with E-state index in [1.807, 2.05) is 0 Å². The number of allylic oxidation sites excluding steroid dienone is 8. The first-order chi connectivity index (χ1) is 26.9. The van der Waals surface area contributed by atoms with Crippen LogP contribution >= 0.6 is 0 Å². The second-order valence-electron chi connectivity index (χ2n) is 18.9. The molecule has 1 unspecified atom stereocenters. The number of benzene rings is 4. The van der Waals surface area contributed by atoms with Crippen molar-refractivity contribution in [3.05, 3.63) is 162 Å². The first-order valence-corrected chi connectivity index (χ1v) is 24.1. The molecule has 0 saturated heterocycles. The van der Waals surface area contributed by atoms with Crippen LogP contribution in [0.2, 0.25) is 0 Å². The predicted molar refractivity (Wildman–Crippen MR) is 223 cm³/mol. The molecule has 0 aliphatic heterocycles. The summed E-state index contributed by atoms with van der Waals surface area (Å²) in [6.07, 6.45) is 1.16. The van der Waals surface area contributed by atoms with Crippen LogP contribution in [0.4, 0.5) is 26.3 Å². The maximum absolute atomic E-state index is 14.1. The summed E-state index contributed by atoms with van der Waals surface area (Å²) in [5, 5.41) is 0. The number of hydrogen-bond donors (Lipinski definition) is 0. The molecule has 0 radical (unpaired) electrons. The van der Waals surface area contributed by atoms with Gasteiger partial charge >= 0.3 is 348 Å². The minimum atomic E-state index is -4.54. The monoisotopic (exact) mass is 866 g/mol. The molecule has 4 aromatic carbocycles. The zero-order chi connectivity index (χ0) is 42.1. The van der Waals surface area contributed by atoms with E-state index in [-0.39, 0.29) is 25.8 Å². The molecule has 58 heavy (non-hydrogen) atoms. The van der Waals surface area contributed by atoms with E-state index in [0.29, 0.717) is 11.1 Å². The summed E-state index contributed by atoms with van der Waals surface area (Å²) in [4.78, 5) is 0. The van der Waals surface area contributed by atoms with E-state index in [1.54, 1.807) is 24.3 Å². The second kappa shape index (κ2) is 13.6. The standard InChI is InChI=1S/C25H25.C15H8F6.C11H17.Zr/c1-14-12-24(3,4)22-8-16-7-17-9-23-19(15(2)13-25(23,5)6)11-21(17)20(16)10-18(14)22;16-14(17,18)12-5-1-10(2-6-12)9-11-3-7-13(8-4-11)15(19,20)21;1-5-9-6-7-10(8-9)11(2,3)4;/h7-13H,1-6H3;1-8H;7-9H,5H2,1-4H3;. The molecule has 0 bridgehead atoms. The average Bonchev–Trinajstić information content (AvgIpc) is 3.83. The number of rotatable bonds is 5. The first-order valence-electron chi connectivity index (χ1n) is 20.2. The van der Waals surface area contributed by atoms with Crippen LogP contribution < -0.4 is 0 Å². The Labute approximate surface area is 346 Å². The zero-order valence-electron chi connectivity index (χ0n) is 34.9. The van der Waals surface area contributed by atoms with E-state index >= 15 is 0 Å². The number of hydrogen-bond acceptors (Lipinski definition) is 0. The van der Waals surface area contributed by atoms with Crippen molar-refractivity contribution in [1.29, 1.82) is 0 Å². The van der Waals surface area contributed by atoms with Gasteiger partial charge in [0.15, 0.2) is 0 Å². The second-order valence-corrected chi connectivity index (χ2v) is 25.0. The molecule has 4 aliphatic rings. The third kappa shape index (κ3) is 6.76. The summed E-state index contributed by atoms with van der Waals surface area (Å²) in [6, 6.07) is 20.3. The fraction of sp³-hybridized carbons (Fsp3) is 0.353. The molecule has 0 nitrogen and oxygen atoms in total. The summed E-state index contributed by atoms with van der Waals surface area (Å²) in [5.74, 6) is 0.0829. The van der Waals surface area contributed by atoms with Crippen molar-refractivity contribution in [2.45, 2.75) is 102 Å². The molecule has 0 spiro atoms. The first kappa shape index (κ1) is 40.9. The van der Waals surface area contributed by atoms with Gasteiger partial charge in [-0.05, 0) is 0 Å². The Morgan fingerprint density at radius 2 is 1.03 bits per heavy atom. The fourth-order valence-electron chi connectivity index (χ4n) is 10.1. The van der Waals surface area contributed by atoms with Crippen molar-refractivity contribution < 1.29 is 47.6 Å². The van der Waals surface area contributed by atoms with Crippen LogP contribution in [-0.4, -0.2) is 3.21 Å². The molecule has 4 aliphatic carbocycles. The number of alkyl halides is 6. The molecular formula is C51H50F6Zr. The van der Waals surface area contributed by atoms with Crippen molar-refractivity contribution in [3.63, 3.8) is 0 Å². The summed E-state index contributed by atoms with van der Waals surface area (Å²) < 4.78 is 86.7. The zero-order valence-corrected chi connectivity index (χ0v) is 37.3. The molecule has 4 aromatic rings. The van der Waals surface area contributed by atoms with E-state index in [1.165, 1.54) is 64.5 Å². The van der Waals surface area contributed by atoms with Crippen molar-refractivity contribution in [2.24, 2.45) is 11.3 Å². The van der Waals surface area contributed by atoms with E-state index < -0.39 is 44.7 Å². The van der Waals surface area contributed by atoms with Gasteiger partial charge in [0.1, 0.15) is 0 Å². The van der Waals surface area contributed by atoms with Crippen molar-refractivity contribution in [1.82, 2.24) is 0 Å². The van der Waals surface area contributed by atoms with Gasteiger partial charge in [-0.1, -0.05) is 0 Å². The molecule has 0 N–H and O–H groups in total. The van der Waals surface area contributed by atoms with Crippen LogP contribution in [0.3, 0.4) is 0 Å². The summed E-state index contributed by atoms with van der Waals surface area (Å²) in [5.41, 5.74) is 12.6. The van der Waals surface area contributed by atoms with Gasteiger partial charge in [-0.3, -0.25) is 0 Å². The molecule has 0 saturated carbocycles. The Hall–Kier alpha value is -3.83. The van der Waals surface area contributed by atoms with Crippen molar-refractivity contribution >= 4 is 14.4 Å².